The largest absolute Gasteiger partial charge is 0.346 e. The maximum Gasteiger partial charge on any atom is 0.0414 e. The smallest absolute Gasteiger partial charge is 0.0414 e. The molecule has 1 nitrogen and oxygen atoms in total. The third-order valence-electron chi connectivity index (χ3n) is 5.09. The van der Waals surface area contributed by atoms with Crippen molar-refractivity contribution < 1.29 is 0 Å². The lowest BCUT2D eigenvalue weighted by molar-refractivity contribution is 0.397. The Morgan fingerprint density at radius 1 is 1.22 bits per heavy atom. The number of hydrogen-bond donors (Lipinski definition) is 0. The summed E-state index contributed by atoms with van der Waals surface area (Å²) in [6, 6.07) is 8.97. The van der Waals surface area contributed by atoms with E-state index < -0.39 is 0 Å². The van der Waals surface area contributed by atoms with E-state index in [2.05, 4.69) is 62.6 Å². The van der Waals surface area contributed by atoms with Crippen molar-refractivity contribution in [3.63, 3.8) is 0 Å². The van der Waals surface area contributed by atoms with Crippen LogP contribution in [0, 0.1) is 5.92 Å². The number of anilines is 1. The summed E-state index contributed by atoms with van der Waals surface area (Å²) in [5.74, 6) is 0.670. The van der Waals surface area contributed by atoms with Crippen LogP contribution in [0.25, 0.3) is 5.57 Å². The lowest BCUT2D eigenvalue weighted by Crippen LogP contribution is -2.27. The SMILES string of the molecule is C=C(C1CCCCC1)N(CC)c1cccc(/C(C)=C/CCC)c1. The molecule has 1 saturated carbocycles. The molecule has 0 unspecified atom stereocenters. The molecular weight excluding hydrogens is 278 g/mol. The van der Waals surface area contributed by atoms with Crippen molar-refractivity contribution in [2.75, 3.05) is 11.4 Å². The second-order valence-electron chi connectivity index (χ2n) is 6.80. The maximum atomic E-state index is 4.46. The second kappa shape index (κ2) is 8.96. The van der Waals surface area contributed by atoms with E-state index in [0.29, 0.717) is 5.92 Å². The number of rotatable bonds is 7. The highest BCUT2D eigenvalue weighted by Gasteiger charge is 2.21. The Kier molecular flexibility index (Phi) is 6.95. The van der Waals surface area contributed by atoms with E-state index in [9.17, 15) is 0 Å². The van der Waals surface area contributed by atoms with Gasteiger partial charge < -0.3 is 4.90 Å². The van der Waals surface area contributed by atoms with Crippen LogP contribution >= 0.6 is 0 Å². The van der Waals surface area contributed by atoms with E-state index in [1.165, 1.54) is 61.0 Å². The van der Waals surface area contributed by atoms with Gasteiger partial charge in [-0.25, -0.2) is 0 Å². The van der Waals surface area contributed by atoms with Crippen LogP contribution in [0.5, 0.6) is 0 Å². The highest BCUT2D eigenvalue weighted by atomic mass is 15.1. The minimum Gasteiger partial charge on any atom is -0.346 e. The summed E-state index contributed by atoms with van der Waals surface area (Å²) in [6.07, 6.45) is 11.5. The average Bonchev–Trinajstić information content (AvgIpc) is 2.61. The van der Waals surface area contributed by atoms with Crippen LogP contribution < -0.4 is 4.90 Å². The first kappa shape index (κ1) is 17.8. The predicted octanol–water partition coefficient (Wildman–Crippen LogP) is 6.81. The second-order valence-corrected chi connectivity index (χ2v) is 6.80. The Bertz CT molecular complexity index is 535. The molecule has 23 heavy (non-hydrogen) atoms. The number of nitrogens with zero attached hydrogens (tertiary/aromatic N) is 1. The van der Waals surface area contributed by atoms with E-state index in [1.807, 2.05) is 0 Å². The molecule has 126 valence electrons. The third-order valence-corrected chi connectivity index (χ3v) is 5.09. The molecule has 0 spiro atoms. The van der Waals surface area contributed by atoms with Crippen LogP contribution in [-0.2, 0) is 0 Å². The molecule has 0 aromatic heterocycles. The van der Waals surface area contributed by atoms with Crippen molar-refractivity contribution in [2.24, 2.45) is 5.92 Å². The summed E-state index contributed by atoms with van der Waals surface area (Å²) in [5, 5.41) is 0. The van der Waals surface area contributed by atoms with Gasteiger partial charge in [-0.2, -0.15) is 0 Å². The molecule has 0 saturated heterocycles. The van der Waals surface area contributed by atoms with Crippen LogP contribution in [0.1, 0.15) is 71.3 Å². The van der Waals surface area contributed by atoms with Gasteiger partial charge in [0.25, 0.3) is 0 Å². The first-order valence-corrected chi connectivity index (χ1v) is 9.40. The Hall–Kier alpha value is -1.50. The molecular formula is C22H33N. The van der Waals surface area contributed by atoms with E-state index in [-0.39, 0.29) is 0 Å². The standard InChI is InChI=1S/C22H33N/c1-5-7-12-18(3)21-15-11-16-22(17-21)23(6-2)19(4)20-13-9-8-10-14-20/h11-12,15-17,20H,4-10,13-14H2,1-3H3/b18-12+. The summed E-state index contributed by atoms with van der Waals surface area (Å²) in [7, 11) is 0. The molecule has 1 aliphatic rings. The minimum absolute atomic E-state index is 0.670. The highest BCUT2D eigenvalue weighted by Crippen LogP contribution is 2.33. The van der Waals surface area contributed by atoms with Gasteiger partial charge >= 0.3 is 0 Å². The van der Waals surface area contributed by atoms with Crippen molar-refractivity contribution in [1.82, 2.24) is 0 Å². The van der Waals surface area contributed by atoms with Crippen LogP contribution in [0.3, 0.4) is 0 Å². The molecule has 2 rings (SSSR count). The molecule has 0 atom stereocenters. The van der Waals surface area contributed by atoms with Crippen molar-refractivity contribution in [2.45, 2.75) is 65.7 Å². The molecule has 1 aromatic carbocycles. The summed E-state index contributed by atoms with van der Waals surface area (Å²) >= 11 is 0. The van der Waals surface area contributed by atoms with Gasteiger partial charge in [-0.05, 0) is 62.3 Å². The zero-order chi connectivity index (χ0) is 16.7. The van der Waals surface area contributed by atoms with Gasteiger partial charge in [-0.15, -0.1) is 0 Å². The molecule has 0 N–H and O–H groups in total. The molecule has 0 radical (unpaired) electrons. The summed E-state index contributed by atoms with van der Waals surface area (Å²) in [6.45, 7) is 12.1. The maximum absolute atomic E-state index is 4.46. The minimum atomic E-state index is 0.670. The van der Waals surface area contributed by atoms with Gasteiger partial charge in [0.1, 0.15) is 0 Å². The summed E-state index contributed by atoms with van der Waals surface area (Å²) < 4.78 is 0. The van der Waals surface area contributed by atoms with Gasteiger partial charge in [0.05, 0.1) is 0 Å². The third kappa shape index (κ3) is 4.73. The monoisotopic (exact) mass is 311 g/mol. The number of allylic oxidation sites excluding steroid dienone is 3. The topological polar surface area (TPSA) is 3.24 Å². The first-order valence-electron chi connectivity index (χ1n) is 9.40. The van der Waals surface area contributed by atoms with Gasteiger partial charge in [0.2, 0.25) is 0 Å². The van der Waals surface area contributed by atoms with Crippen LogP contribution in [-0.4, -0.2) is 6.54 Å². The molecule has 1 aromatic rings. The zero-order valence-corrected chi connectivity index (χ0v) is 15.3. The predicted molar refractivity (Wildman–Crippen MR) is 104 cm³/mol. The zero-order valence-electron chi connectivity index (χ0n) is 15.3. The van der Waals surface area contributed by atoms with Crippen LogP contribution in [0.15, 0.2) is 42.6 Å². The Morgan fingerprint density at radius 2 is 1.96 bits per heavy atom. The summed E-state index contributed by atoms with van der Waals surface area (Å²) in [5.41, 5.74) is 5.34. The molecule has 0 amide bonds. The molecule has 1 fully saturated rings. The highest BCUT2D eigenvalue weighted by molar-refractivity contribution is 5.68. The quantitative estimate of drug-likeness (QED) is 0.534. The molecule has 1 heteroatoms. The lowest BCUT2D eigenvalue weighted by Gasteiger charge is -2.33. The van der Waals surface area contributed by atoms with E-state index in [4.69, 9.17) is 0 Å². The van der Waals surface area contributed by atoms with E-state index in [0.717, 1.165) is 13.0 Å². The van der Waals surface area contributed by atoms with Crippen molar-refractivity contribution in [1.29, 1.82) is 0 Å². The number of unbranched alkanes of at least 4 members (excludes halogenated alkanes) is 1. The first-order chi connectivity index (χ1) is 11.2. The Balaban J connectivity index is 2.19. The summed E-state index contributed by atoms with van der Waals surface area (Å²) in [4.78, 5) is 2.42. The van der Waals surface area contributed by atoms with Gasteiger partial charge in [-0.3, -0.25) is 0 Å². The van der Waals surface area contributed by atoms with E-state index in [1.54, 1.807) is 0 Å². The lowest BCUT2D eigenvalue weighted by atomic mass is 9.86. The number of hydrogen-bond acceptors (Lipinski definition) is 1. The molecule has 0 bridgehead atoms. The Morgan fingerprint density at radius 3 is 2.61 bits per heavy atom. The van der Waals surface area contributed by atoms with Crippen molar-refractivity contribution >= 4 is 11.3 Å². The van der Waals surface area contributed by atoms with Crippen molar-refractivity contribution in [3.8, 4) is 0 Å². The fourth-order valence-electron chi connectivity index (χ4n) is 3.61. The van der Waals surface area contributed by atoms with Gasteiger partial charge in [0.15, 0.2) is 0 Å². The Labute approximate surface area is 143 Å². The molecule has 0 heterocycles. The molecule has 1 aliphatic carbocycles. The number of benzene rings is 1. The van der Waals surface area contributed by atoms with E-state index >= 15 is 0 Å². The molecule has 0 aliphatic heterocycles. The fraction of sp³-hybridized carbons (Fsp3) is 0.545. The van der Waals surface area contributed by atoms with Crippen molar-refractivity contribution in [3.05, 3.63) is 48.2 Å². The van der Waals surface area contributed by atoms with Crippen LogP contribution in [0.2, 0.25) is 0 Å². The van der Waals surface area contributed by atoms with Gasteiger partial charge in [0, 0.05) is 17.9 Å². The fourth-order valence-corrected chi connectivity index (χ4v) is 3.61. The van der Waals surface area contributed by atoms with Crippen LogP contribution in [0.4, 0.5) is 5.69 Å². The normalized spacial score (nSPS) is 16.4. The van der Waals surface area contributed by atoms with Gasteiger partial charge in [-0.1, -0.05) is 57.4 Å². The average molecular weight is 312 g/mol.